The van der Waals surface area contributed by atoms with E-state index in [-0.39, 0.29) is 11.7 Å². The Labute approximate surface area is 126 Å². The van der Waals surface area contributed by atoms with Crippen LogP contribution in [0.5, 0.6) is 0 Å². The fourth-order valence-corrected chi connectivity index (χ4v) is 2.33. The van der Waals surface area contributed by atoms with E-state index in [1.165, 1.54) is 18.2 Å². The monoisotopic (exact) mass is 335 g/mol. The third-order valence-corrected chi connectivity index (χ3v) is 3.68. The van der Waals surface area contributed by atoms with E-state index in [1.807, 2.05) is 38.1 Å². The van der Waals surface area contributed by atoms with Crippen LogP contribution in [0.25, 0.3) is 0 Å². The molecule has 0 aromatic heterocycles. The number of benzene rings is 2. The van der Waals surface area contributed by atoms with Gasteiger partial charge in [-0.2, -0.15) is 0 Å². The first-order chi connectivity index (χ1) is 9.52. The first-order valence-corrected chi connectivity index (χ1v) is 7.16. The number of rotatable bonds is 3. The van der Waals surface area contributed by atoms with Crippen LogP contribution in [0.4, 0.5) is 10.1 Å². The number of hydrogen-bond acceptors (Lipinski definition) is 1. The number of carbonyl (C=O) groups excluding carboxylic acids is 1. The van der Waals surface area contributed by atoms with Crippen molar-refractivity contribution in [2.24, 2.45) is 0 Å². The van der Waals surface area contributed by atoms with Crippen molar-refractivity contribution in [1.82, 2.24) is 0 Å². The molecule has 0 saturated carbocycles. The molecule has 0 spiro atoms. The van der Waals surface area contributed by atoms with Gasteiger partial charge in [0.1, 0.15) is 5.82 Å². The number of halogens is 2. The zero-order chi connectivity index (χ0) is 14.7. The summed E-state index contributed by atoms with van der Waals surface area (Å²) in [7, 11) is 0. The minimum Gasteiger partial charge on any atom is -0.309 e. The maximum atomic E-state index is 13.2. The molecule has 0 heterocycles. The molecule has 2 nitrogen and oxygen atoms in total. The number of nitrogens with zero attached hydrogens (tertiary/aromatic N) is 1. The number of carbonyl (C=O) groups is 1. The largest absolute Gasteiger partial charge is 0.309 e. The summed E-state index contributed by atoms with van der Waals surface area (Å²) in [6.45, 7) is 4.46. The van der Waals surface area contributed by atoms with Crippen LogP contribution in [-0.4, -0.2) is 12.5 Å². The zero-order valence-corrected chi connectivity index (χ0v) is 12.9. The van der Waals surface area contributed by atoms with Crippen molar-refractivity contribution in [3.8, 4) is 0 Å². The molecule has 0 aliphatic heterocycles. The Morgan fingerprint density at radius 2 is 1.85 bits per heavy atom. The molecule has 0 atom stereocenters. The second-order valence-electron chi connectivity index (χ2n) is 4.51. The highest BCUT2D eigenvalue weighted by molar-refractivity contribution is 9.10. The predicted octanol–water partition coefficient (Wildman–Crippen LogP) is 4.56. The van der Waals surface area contributed by atoms with E-state index in [4.69, 9.17) is 0 Å². The van der Waals surface area contributed by atoms with Crippen molar-refractivity contribution in [2.45, 2.75) is 13.8 Å². The summed E-state index contributed by atoms with van der Waals surface area (Å²) in [5.74, 6) is -0.517. The highest BCUT2D eigenvalue weighted by atomic mass is 79.9. The quantitative estimate of drug-likeness (QED) is 0.804. The van der Waals surface area contributed by atoms with Crippen molar-refractivity contribution < 1.29 is 9.18 Å². The smallest absolute Gasteiger partial charge is 0.258 e. The first kappa shape index (κ1) is 14.7. The third kappa shape index (κ3) is 3.07. The molecule has 4 heteroatoms. The molecule has 104 valence electrons. The van der Waals surface area contributed by atoms with Crippen molar-refractivity contribution in [3.05, 3.63) is 63.9 Å². The van der Waals surface area contributed by atoms with E-state index >= 15 is 0 Å². The first-order valence-electron chi connectivity index (χ1n) is 6.36. The molecular formula is C16H15BrFNO. The van der Waals surface area contributed by atoms with Crippen molar-refractivity contribution in [3.63, 3.8) is 0 Å². The average Bonchev–Trinajstić information content (AvgIpc) is 2.44. The van der Waals surface area contributed by atoms with E-state index < -0.39 is 0 Å². The predicted molar refractivity (Wildman–Crippen MR) is 82.6 cm³/mol. The van der Waals surface area contributed by atoms with Crippen LogP contribution in [-0.2, 0) is 0 Å². The summed E-state index contributed by atoms with van der Waals surface area (Å²) in [4.78, 5) is 14.2. The molecular weight excluding hydrogens is 321 g/mol. The third-order valence-electron chi connectivity index (χ3n) is 3.07. The molecule has 0 unspecified atom stereocenters. The molecule has 0 aliphatic carbocycles. The summed E-state index contributed by atoms with van der Waals surface area (Å²) in [5, 5.41) is 0. The minimum atomic E-state index is -0.375. The van der Waals surface area contributed by atoms with Gasteiger partial charge in [-0.15, -0.1) is 0 Å². The summed E-state index contributed by atoms with van der Waals surface area (Å²) in [5.41, 5.74) is 2.44. The van der Waals surface area contributed by atoms with Gasteiger partial charge in [0, 0.05) is 17.8 Å². The number of aryl methyl sites for hydroxylation is 1. The second kappa shape index (κ2) is 6.18. The van der Waals surface area contributed by atoms with E-state index in [9.17, 15) is 9.18 Å². The molecule has 0 N–H and O–H groups in total. The van der Waals surface area contributed by atoms with Gasteiger partial charge in [0.05, 0.1) is 4.47 Å². The van der Waals surface area contributed by atoms with Gasteiger partial charge in [0.15, 0.2) is 0 Å². The normalized spacial score (nSPS) is 10.4. The second-order valence-corrected chi connectivity index (χ2v) is 5.37. The molecule has 0 aliphatic rings. The van der Waals surface area contributed by atoms with Gasteiger partial charge in [-0.05, 0) is 60.1 Å². The lowest BCUT2D eigenvalue weighted by Crippen LogP contribution is -2.30. The van der Waals surface area contributed by atoms with Gasteiger partial charge < -0.3 is 4.90 Å². The zero-order valence-electron chi connectivity index (χ0n) is 11.4. The standard InChI is InChI=1S/C16H15BrFNO/c1-3-19(13-7-4-11(2)5-8-13)16(20)12-6-9-15(18)14(17)10-12/h4-10H,3H2,1-2H3. The Bertz CT molecular complexity index is 625. The summed E-state index contributed by atoms with van der Waals surface area (Å²) in [6, 6.07) is 12.1. The lowest BCUT2D eigenvalue weighted by atomic mass is 10.1. The summed E-state index contributed by atoms with van der Waals surface area (Å²) < 4.78 is 13.5. The number of anilines is 1. The number of amides is 1. The van der Waals surface area contributed by atoms with Gasteiger partial charge in [-0.25, -0.2) is 4.39 Å². The molecule has 0 saturated heterocycles. The summed E-state index contributed by atoms with van der Waals surface area (Å²) >= 11 is 3.11. The van der Waals surface area contributed by atoms with Gasteiger partial charge >= 0.3 is 0 Å². The van der Waals surface area contributed by atoms with Gasteiger partial charge in [0.2, 0.25) is 0 Å². The molecule has 2 rings (SSSR count). The molecule has 2 aromatic carbocycles. The van der Waals surface area contributed by atoms with Crippen LogP contribution < -0.4 is 4.90 Å². The highest BCUT2D eigenvalue weighted by Gasteiger charge is 2.17. The van der Waals surface area contributed by atoms with E-state index in [0.29, 0.717) is 16.6 Å². The topological polar surface area (TPSA) is 20.3 Å². The number of hydrogen-bond donors (Lipinski definition) is 0. The van der Waals surface area contributed by atoms with Crippen LogP contribution >= 0.6 is 15.9 Å². The SMILES string of the molecule is CCN(C(=O)c1ccc(F)c(Br)c1)c1ccc(C)cc1. The van der Waals surface area contributed by atoms with Crippen molar-refractivity contribution in [2.75, 3.05) is 11.4 Å². The maximum Gasteiger partial charge on any atom is 0.258 e. The molecule has 1 amide bonds. The van der Waals surface area contributed by atoms with Crippen LogP contribution in [0.3, 0.4) is 0 Å². The highest BCUT2D eigenvalue weighted by Crippen LogP contribution is 2.21. The van der Waals surface area contributed by atoms with Gasteiger partial charge in [0.25, 0.3) is 5.91 Å². The Morgan fingerprint density at radius 1 is 1.20 bits per heavy atom. The van der Waals surface area contributed by atoms with Crippen LogP contribution in [0.1, 0.15) is 22.8 Å². The lowest BCUT2D eigenvalue weighted by Gasteiger charge is -2.21. The molecule has 2 aromatic rings. The molecule has 20 heavy (non-hydrogen) atoms. The van der Waals surface area contributed by atoms with E-state index in [1.54, 1.807) is 4.90 Å². The molecule has 0 bridgehead atoms. The van der Waals surface area contributed by atoms with Crippen molar-refractivity contribution >= 4 is 27.5 Å². The lowest BCUT2D eigenvalue weighted by molar-refractivity contribution is 0.0988. The maximum absolute atomic E-state index is 13.2. The Hall–Kier alpha value is -1.68. The molecule has 0 radical (unpaired) electrons. The van der Waals surface area contributed by atoms with Crippen LogP contribution in [0, 0.1) is 12.7 Å². The minimum absolute atomic E-state index is 0.142. The van der Waals surface area contributed by atoms with Crippen LogP contribution in [0.15, 0.2) is 46.9 Å². The van der Waals surface area contributed by atoms with Gasteiger partial charge in [-0.3, -0.25) is 4.79 Å². The summed E-state index contributed by atoms with van der Waals surface area (Å²) in [6.07, 6.45) is 0. The van der Waals surface area contributed by atoms with E-state index in [2.05, 4.69) is 15.9 Å². The Kier molecular flexibility index (Phi) is 4.55. The Morgan fingerprint density at radius 3 is 2.40 bits per heavy atom. The van der Waals surface area contributed by atoms with Crippen molar-refractivity contribution in [1.29, 1.82) is 0 Å². The average molecular weight is 336 g/mol. The van der Waals surface area contributed by atoms with Crippen LogP contribution in [0.2, 0.25) is 0 Å². The van der Waals surface area contributed by atoms with Gasteiger partial charge in [-0.1, -0.05) is 17.7 Å². The Balaban J connectivity index is 2.33. The fourth-order valence-electron chi connectivity index (χ4n) is 1.95. The molecule has 0 fully saturated rings. The van der Waals surface area contributed by atoms with E-state index in [0.717, 1.165) is 11.3 Å². The fraction of sp³-hybridized carbons (Fsp3) is 0.188.